The summed E-state index contributed by atoms with van der Waals surface area (Å²) in [4.78, 5) is 6.93. The predicted octanol–water partition coefficient (Wildman–Crippen LogP) is 3.45. The SMILES string of the molecule is CCCCN(CC)c1ccc(CNCC(C)C)cn1. The summed E-state index contributed by atoms with van der Waals surface area (Å²) in [5.74, 6) is 1.79. The van der Waals surface area contributed by atoms with Gasteiger partial charge in [-0.25, -0.2) is 4.98 Å². The molecule has 1 rings (SSSR count). The van der Waals surface area contributed by atoms with E-state index in [1.807, 2.05) is 6.20 Å². The Morgan fingerprint density at radius 3 is 2.58 bits per heavy atom. The highest BCUT2D eigenvalue weighted by atomic mass is 15.2. The van der Waals surface area contributed by atoms with Gasteiger partial charge < -0.3 is 10.2 Å². The first kappa shape index (κ1) is 16.0. The van der Waals surface area contributed by atoms with Crippen molar-refractivity contribution in [3.63, 3.8) is 0 Å². The lowest BCUT2D eigenvalue weighted by Gasteiger charge is -2.21. The Bertz CT molecular complexity index is 332. The minimum absolute atomic E-state index is 0.692. The first-order valence-corrected chi connectivity index (χ1v) is 7.58. The Hall–Kier alpha value is -1.09. The van der Waals surface area contributed by atoms with Crippen molar-refractivity contribution in [2.24, 2.45) is 5.92 Å². The third-order valence-corrected chi connectivity index (χ3v) is 3.18. The van der Waals surface area contributed by atoms with Crippen molar-refractivity contribution >= 4 is 5.82 Å². The van der Waals surface area contributed by atoms with Crippen LogP contribution in [0.4, 0.5) is 5.82 Å². The molecule has 0 aliphatic rings. The number of nitrogens with zero attached hydrogens (tertiary/aromatic N) is 2. The molecule has 0 aliphatic heterocycles. The van der Waals surface area contributed by atoms with Crippen molar-refractivity contribution in [1.29, 1.82) is 0 Å². The molecule has 1 aromatic heterocycles. The molecule has 0 radical (unpaired) electrons. The van der Waals surface area contributed by atoms with E-state index >= 15 is 0 Å². The highest BCUT2D eigenvalue weighted by molar-refractivity contribution is 5.39. The standard InChI is InChI=1S/C16H29N3/c1-5-7-10-19(6-2)16-9-8-15(13-18-16)12-17-11-14(3)4/h8-9,13-14,17H,5-7,10-12H2,1-4H3. The van der Waals surface area contributed by atoms with Gasteiger partial charge in [0.1, 0.15) is 5.82 Å². The average molecular weight is 263 g/mol. The van der Waals surface area contributed by atoms with Gasteiger partial charge in [0.05, 0.1) is 0 Å². The van der Waals surface area contributed by atoms with Crippen LogP contribution in [0.15, 0.2) is 18.3 Å². The van der Waals surface area contributed by atoms with Crippen LogP contribution in [0.1, 0.15) is 46.1 Å². The second kappa shape index (κ2) is 8.92. The van der Waals surface area contributed by atoms with Gasteiger partial charge in [-0.15, -0.1) is 0 Å². The fraction of sp³-hybridized carbons (Fsp3) is 0.688. The third kappa shape index (κ3) is 6.06. The number of nitrogens with one attached hydrogen (secondary N) is 1. The largest absolute Gasteiger partial charge is 0.357 e. The summed E-state index contributed by atoms with van der Waals surface area (Å²) in [6, 6.07) is 4.33. The van der Waals surface area contributed by atoms with Crippen LogP contribution >= 0.6 is 0 Å². The number of hydrogen-bond acceptors (Lipinski definition) is 3. The first-order chi connectivity index (χ1) is 9.17. The van der Waals surface area contributed by atoms with E-state index in [0.29, 0.717) is 5.92 Å². The summed E-state index contributed by atoms with van der Waals surface area (Å²) in [7, 11) is 0. The smallest absolute Gasteiger partial charge is 0.128 e. The average Bonchev–Trinajstić information content (AvgIpc) is 2.41. The van der Waals surface area contributed by atoms with E-state index in [2.05, 4.69) is 55.0 Å². The molecule has 1 heterocycles. The molecule has 3 nitrogen and oxygen atoms in total. The molecule has 0 aromatic carbocycles. The highest BCUT2D eigenvalue weighted by Crippen LogP contribution is 2.12. The maximum atomic E-state index is 4.59. The Balaban J connectivity index is 2.49. The number of hydrogen-bond donors (Lipinski definition) is 1. The van der Waals surface area contributed by atoms with E-state index in [9.17, 15) is 0 Å². The fourth-order valence-corrected chi connectivity index (χ4v) is 2.00. The Morgan fingerprint density at radius 2 is 2.05 bits per heavy atom. The maximum Gasteiger partial charge on any atom is 0.128 e. The fourth-order valence-electron chi connectivity index (χ4n) is 2.00. The number of pyridine rings is 1. The second-order valence-electron chi connectivity index (χ2n) is 5.48. The number of unbranched alkanes of at least 4 members (excludes halogenated alkanes) is 1. The Labute approximate surface area is 118 Å². The summed E-state index contributed by atoms with van der Waals surface area (Å²) in [6.07, 6.45) is 4.46. The van der Waals surface area contributed by atoms with E-state index in [1.54, 1.807) is 0 Å². The minimum Gasteiger partial charge on any atom is -0.357 e. The molecule has 0 fully saturated rings. The summed E-state index contributed by atoms with van der Waals surface area (Å²) < 4.78 is 0. The van der Waals surface area contributed by atoms with Gasteiger partial charge in [-0.2, -0.15) is 0 Å². The van der Waals surface area contributed by atoms with Crippen LogP contribution in [0.25, 0.3) is 0 Å². The number of rotatable bonds is 9. The molecule has 0 unspecified atom stereocenters. The van der Waals surface area contributed by atoms with Gasteiger partial charge in [0.15, 0.2) is 0 Å². The zero-order chi connectivity index (χ0) is 14.1. The van der Waals surface area contributed by atoms with E-state index in [0.717, 1.165) is 32.0 Å². The summed E-state index contributed by atoms with van der Waals surface area (Å²) >= 11 is 0. The quantitative estimate of drug-likeness (QED) is 0.739. The molecule has 19 heavy (non-hydrogen) atoms. The van der Waals surface area contributed by atoms with Gasteiger partial charge in [-0.1, -0.05) is 33.3 Å². The summed E-state index contributed by atoms with van der Waals surface area (Å²) in [5, 5.41) is 3.44. The van der Waals surface area contributed by atoms with Gasteiger partial charge >= 0.3 is 0 Å². The minimum atomic E-state index is 0.692. The van der Waals surface area contributed by atoms with Crippen LogP contribution in [0.2, 0.25) is 0 Å². The molecule has 0 saturated heterocycles. The van der Waals surface area contributed by atoms with Crippen molar-refractivity contribution in [1.82, 2.24) is 10.3 Å². The zero-order valence-corrected chi connectivity index (χ0v) is 12.9. The molecule has 3 heteroatoms. The van der Waals surface area contributed by atoms with E-state index < -0.39 is 0 Å². The molecule has 1 N–H and O–H groups in total. The molecular formula is C16H29N3. The van der Waals surface area contributed by atoms with Gasteiger partial charge in [0.25, 0.3) is 0 Å². The second-order valence-corrected chi connectivity index (χ2v) is 5.48. The third-order valence-electron chi connectivity index (χ3n) is 3.18. The van der Waals surface area contributed by atoms with E-state index in [1.165, 1.54) is 18.4 Å². The van der Waals surface area contributed by atoms with Gasteiger partial charge in [0.2, 0.25) is 0 Å². The molecule has 0 aliphatic carbocycles. The van der Waals surface area contributed by atoms with Crippen LogP contribution in [0.5, 0.6) is 0 Å². The van der Waals surface area contributed by atoms with Crippen molar-refractivity contribution in [3.8, 4) is 0 Å². The monoisotopic (exact) mass is 263 g/mol. The number of aromatic nitrogens is 1. The lowest BCUT2D eigenvalue weighted by Crippen LogP contribution is -2.25. The van der Waals surface area contributed by atoms with Crippen molar-refractivity contribution in [2.75, 3.05) is 24.5 Å². The Kier molecular flexibility index (Phi) is 7.49. The van der Waals surface area contributed by atoms with Crippen LogP contribution in [0.3, 0.4) is 0 Å². The van der Waals surface area contributed by atoms with Crippen LogP contribution in [-0.2, 0) is 6.54 Å². The first-order valence-electron chi connectivity index (χ1n) is 7.58. The van der Waals surface area contributed by atoms with Gasteiger partial charge in [-0.05, 0) is 37.4 Å². The van der Waals surface area contributed by atoms with Crippen molar-refractivity contribution < 1.29 is 0 Å². The zero-order valence-electron chi connectivity index (χ0n) is 12.9. The van der Waals surface area contributed by atoms with Crippen molar-refractivity contribution in [3.05, 3.63) is 23.9 Å². The Morgan fingerprint density at radius 1 is 1.26 bits per heavy atom. The van der Waals surface area contributed by atoms with Crippen LogP contribution in [-0.4, -0.2) is 24.6 Å². The van der Waals surface area contributed by atoms with Crippen LogP contribution in [0, 0.1) is 5.92 Å². The van der Waals surface area contributed by atoms with E-state index in [-0.39, 0.29) is 0 Å². The normalized spacial score (nSPS) is 11.0. The van der Waals surface area contributed by atoms with Crippen molar-refractivity contribution in [2.45, 2.75) is 47.1 Å². The lowest BCUT2D eigenvalue weighted by molar-refractivity contribution is 0.552. The lowest BCUT2D eigenvalue weighted by atomic mass is 10.2. The molecular weight excluding hydrogens is 234 g/mol. The number of anilines is 1. The van der Waals surface area contributed by atoms with Crippen LogP contribution < -0.4 is 10.2 Å². The topological polar surface area (TPSA) is 28.2 Å². The summed E-state index contributed by atoms with van der Waals surface area (Å²) in [6.45, 7) is 13.0. The van der Waals surface area contributed by atoms with Gasteiger partial charge in [-0.3, -0.25) is 0 Å². The molecule has 0 saturated carbocycles. The molecule has 0 spiro atoms. The molecule has 0 amide bonds. The molecule has 0 atom stereocenters. The highest BCUT2D eigenvalue weighted by Gasteiger charge is 2.04. The molecule has 108 valence electrons. The van der Waals surface area contributed by atoms with E-state index in [4.69, 9.17) is 0 Å². The predicted molar refractivity (Wildman–Crippen MR) is 83.6 cm³/mol. The van der Waals surface area contributed by atoms with Gasteiger partial charge in [0, 0.05) is 25.8 Å². The summed E-state index contributed by atoms with van der Waals surface area (Å²) in [5.41, 5.74) is 1.26. The molecule has 1 aromatic rings. The molecule has 0 bridgehead atoms. The maximum absolute atomic E-state index is 4.59.